The average molecular weight is 251 g/mol. The molecule has 1 N–H and O–H groups in total. The minimum Gasteiger partial charge on any atom is -0.319 e. The van der Waals surface area contributed by atoms with Crippen LogP contribution in [0.2, 0.25) is 0 Å². The van der Waals surface area contributed by atoms with Crippen LogP contribution >= 0.6 is 0 Å². The standard InChI is InChI=1S/C15H29N3/c1-16-11-13-5-4-9-18(12-13)15-7-10-17-8-3-2-6-14(15)17/h13-16H,2-12H2,1H3. The minimum absolute atomic E-state index is 0.880. The Bertz CT molecular complexity index is 266. The molecule has 104 valence electrons. The van der Waals surface area contributed by atoms with Gasteiger partial charge in [0, 0.05) is 25.2 Å². The number of hydrogen-bond acceptors (Lipinski definition) is 3. The van der Waals surface area contributed by atoms with Gasteiger partial charge in [-0.3, -0.25) is 9.80 Å². The molecule has 0 bridgehead atoms. The lowest BCUT2D eigenvalue weighted by Gasteiger charge is -2.41. The monoisotopic (exact) mass is 251 g/mol. The Balaban J connectivity index is 1.60. The van der Waals surface area contributed by atoms with Crippen molar-refractivity contribution in [2.24, 2.45) is 5.92 Å². The molecule has 3 saturated heterocycles. The summed E-state index contributed by atoms with van der Waals surface area (Å²) in [7, 11) is 2.09. The van der Waals surface area contributed by atoms with E-state index in [-0.39, 0.29) is 0 Å². The molecule has 0 saturated carbocycles. The van der Waals surface area contributed by atoms with E-state index in [1.807, 2.05) is 0 Å². The van der Waals surface area contributed by atoms with Crippen molar-refractivity contribution in [3.8, 4) is 0 Å². The lowest BCUT2D eigenvalue weighted by Crippen LogP contribution is -2.51. The van der Waals surface area contributed by atoms with Gasteiger partial charge in [0.15, 0.2) is 0 Å². The summed E-state index contributed by atoms with van der Waals surface area (Å²) in [5.74, 6) is 0.890. The fourth-order valence-corrected chi connectivity index (χ4v) is 4.50. The molecule has 0 aromatic rings. The van der Waals surface area contributed by atoms with Gasteiger partial charge >= 0.3 is 0 Å². The van der Waals surface area contributed by atoms with Crippen molar-refractivity contribution >= 4 is 0 Å². The van der Waals surface area contributed by atoms with Gasteiger partial charge in [0.25, 0.3) is 0 Å². The van der Waals surface area contributed by atoms with Gasteiger partial charge in [0.2, 0.25) is 0 Å². The number of hydrogen-bond donors (Lipinski definition) is 1. The molecule has 0 radical (unpaired) electrons. The summed E-state index contributed by atoms with van der Waals surface area (Å²) in [6, 6.07) is 1.78. The maximum Gasteiger partial charge on any atom is 0.0263 e. The Morgan fingerprint density at radius 1 is 0.889 bits per heavy atom. The summed E-state index contributed by atoms with van der Waals surface area (Å²) in [6.45, 7) is 6.64. The third-order valence-corrected chi connectivity index (χ3v) is 5.33. The third kappa shape index (κ3) is 2.59. The van der Waals surface area contributed by atoms with E-state index in [0.29, 0.717) is 0 Å². The van der Waals surface area contributed by atoms with Gasteiger partial charge in [-0.05, 0) is 64.7 Å². The number of piperidine rings is 2. The quantitative estimate of drug-likeness (QED) is 0.821. The van der Waals surface area contributed by atoms with E-state index in [2.05, 4.69) is 22.2 Å². The first-order valence-electron chi connectivity index (χ1n) is 8.01. The first-order chi connectivity index (χ1) is 8.88. The molecule has 0 spiro atoms. The van der Waals surface area contributed by atoms with Crippen LogP contribution in [-0.2, 0) is 0 Å². The van der Waals surface area contributed by atoms with Crippen molar-refractivity contribution in [1.82, 2.24) is 15.1 Å². The molecule has 3 heteroatoms. The zero-order chi connectivity index (χ0) is 12.4. The second-order valence-corrected chi connectivity index (χ2v) is 6.52. The van der Waals surface area contributed by atoms with E-state index in [1.54, 1.807) is 0 Å². The number of fused-ring (bicyclic) bond motifs is 1. The van der Waals surface area contributed by atoms with Crippen LogP contribution in [0.15, 0.2) is 0 Å². The molecule has 18 heavy (non-hydrogen) atoms. The number of nitrogens with one attached hydrogen (secondary N) is 1. The fourth-order valence-electron chi connectivity index (χ4n) is 4.50. The van der Waals surface area contributed by atoms with Gasteiger partial charge in [-0.1, -0.05) is 6.42 Å². The van der Waals surface area contributed by atoms with Gasteiger partial charge in [-0.25, -0.2) is 0 Å². The highest BCUT2D eigenvalue weighted by Crippen LogP contribution is 2.32. The third-order valence-electron chi connectivity index (χ3n) is 5.33. The van der Waals surface area contributed by atoms with Crippen LogP contribution < -0.4 is 5.32 Å². The molecule has 3 heterocycles. The molecule has 3 nitrogen and oxygen atoms in total. The van der Waals surface area contributed by atoms with Crippen molar-refractivity contribution in [2.75, 3.05) is 39.8 Å². The van der Waals surface area contributed by atoms with Gasteiger partial charge in [0.1, 0.15) is 0 Å². The lowest BCUT2D eigenvalue weighted by atomic mass is 9.92. The highest BCUT2D eigenvalue weighted by atomic mass is 15.3. The Morgan fingerprint density at radius 3 is 2.61 bits per heavy atom. The van der Waals surface area contributed by atoms with Crippen LogP contribution in [-0.4, -0.2) is 61.7 Å². The Labute approximate surface area is 112 Å². The Morgan fingerprint density at radius 2 is 1.72 bits per heavy atom. The summed E-state index contributed by atoms with van der Waals surface area (Å²) < 4.78 is 0. The summed E-state index contributed by atoms with van der Waals surface area (Å²) in [4.78, 5) is 5.61. The maximum absolute atomic E-state index is 3.37. The van der Waals surface area contributed by atoms with E-state index < -0.39 is 0 Å². The van der Waals surface area contributed by atoms with Crippen molar-refractivity contribution in [2.45, 2.75) is 50.6 Å². The molecule has 0 aromatic carbocycles. The molecule has 0 amide bonds. The summed E-state index contributed by atoms with van der Waals surface area (Å²) >= 11 is 0. The van der Waals surface area contributed by atoms with Gasteiger partial charge in [-0.15, -0.1) is 0 Å². The highest BCUT2D eigenvalue weighted by molar-refractivity contribution is 4.96. The molecule has 3 fully saturated rings. The largest absolute Gasteiger partial charge is 0.319 e. The number of rotatable bonds is 3. The molecule has 0 aliphatic carbocycles. The van der Waals surface area contributed by atoms with Gasteiger partial charge < -0.3 is 5.32 Å². The van der Waals surface area contributed by atoms with Crippen molar-refractivity contribution in [1.29, 1.82) is 0 Å². The van der Waals surface area contributed by atoms with E-state index in [9.17, 15) is 0 Å². The zero-order valence-corrected chi connectivity index (χ0v) is 11.9. The second-order valence-electron chi connectivity index (χ2n) is 6.52. The molecular weight excluding hydrogens is 222 g/mol. The van der Waals surface area contributed by atoms with Crippen LogP contribution in [0.25, 0.3) is 0 Å². The molecule has 3 aliphatic heterocycles. The van der Waals surface area contributed by atoms with E-state index in [1.165, 1.54) is 71.2 Å². The SMILES string of the molecule is CNCC1CCCN(C2CCN3CCCCC23)C1. The molecule has 0 aromatic heterocycles. The Kier molecular flexibility index (Phi) is 4.22. The van der Waals surface area contributed by atoms with Crippen LogP contribution in [0.4, 0.5) is 0 Å². The highest BCUT2D eigenvalue weighted by Gasteiger charge is 2.39. The molecular formula is C15H29N3. The molecule has 3 aliphatic rings. The van der Waals surface area contributed by atoms with Crippen LogP contribution in [0.3, 0.4) is 0 Å². The normalized spacial score (nSPS) is 38.8. The predicted octanol–water partition coefficient (Wildman–Crippen LogP) is 1.54. The van der Waals surface area contributed by atoms with Gasteiger partial charge in [-0.2, -0.15) is 0 Å². The fraction of sp³-hybridized carbons (Fsp3) is 1.00. The average Bonchev–Trinajstić information content (AvgIpc) is 2.83. The first kappa shape index (κ1) is 12.9. The number of nitrogens with zero attached hydrogens (tertiary/aromatic N) is 2. The number of likely N-dealkylation sites (tertiary alicyclic amines) is 1. The van der Waals surface area contributed by atoms with Crippen LogP contribution in [0.1, 0.15) is 38.5 Å². The van der Waals surface area contributed by atoms with Crippen molar-refractivity contribution < 1.29 is 0 Å². The predicted molar refractivity (Wildman–Crippen MR) is 75.8 cm³/mol. The molecule has 3 rings (SSSR count). The first-order valence-corrected chi connectivity index (χ1v) is 8.01. The maximum atomic E-state index is 3.37. The van der Waals surface area contributed by atoms with Crippen molar-refractivity contribution in [3.05, 3.63) is 0 Å². The van der Waals surface area contributed by atoms with Crippen LogP contribution in [0.5, 0.6) is 0 Å². The smallest absolute Gasteiger partial charge is 0.0263 e. The zero-order valence-electron chi connectivity index (χ0n) is 11.9. The summed E-state index contributed by atoms with van der Waals surface area (Å²) in [5, 5.41) is 3.37. The van der Waals surface area contributed by atoms with Crippen molar-refractivity contribution in [3.63, 3.8) is 0 Å². The molecule has 3 atom stereocenters. The van der Waals surface area contributed by atoms with E-state index >= 15 is 0 Å². The van der Waals surface area contributed by atoms with Crippen LogP contribution in [0, 0.1) is 5.92 Å². The molecule has 3 unspecified atom stereocenters. The van der Waals surface area contributed by atoms with Gasteiger partial charge in [0.05, 0.1) is 0 Å². The van der Waals surface area contributed by atoms with E-state index in [0.717, 1.165) is 18.0 Å². The Hall–Kier alpha value is -0.120. The minimum atomic E-state index is 0.880. The topological polar surface area (TPSA) is 18.5 Å². The summed E-state index contributed by atoms with van der Waals surface area (Å²) in [5.41, 5.74) is 0. The lowest BCUT2D eigenvalue weighted by molar-refractivity contribution is 0.0786. The second kappa shape index (κ2) is 5.89. The van der Waals surface area contributed by atoms with E-state index in [4.69, 9.17) is 0 Å². The summed E-state index contributed by atoms with van der Waals surface area (Å²) in [6.07, 6.45) is 8.62.